The van der Waals surface area contributed by atoms with Crippen molar-refractivity contribution in [3.05, 3.63) is 81.9 Å². The zero-order valence-electron chi connectivity index (χ0n) is 21.8. The fraction of sp³-hybridized carbons (Fsp3) is 0.333. The van der Waals surface area contributed by atoms with Crippen LogP contribution in [0.2, 0.25) is 5.02 Å². The summed E-state index contributed by atoms with van der Waals surface area (Å²) in [5, 5.41) is 11.4. The first-order valence-electron chi connectivity index (χ1n) is 12.6. The SMILES string of the molecule is Cc1nc2c(ccn2Cc2ccc(F)cc2Cl)c(-c2ccc3c(c2)CCCO3)c1[C@H](OC(C)(C)C)C(=O)O. The molecule has 1 atom stereocenters. The second kappa shape index (κ2) is 10.0. The highest BCUT2D eigenvalue weighted by atomic mass is 35.5. The number of rotatable bonds is 6. The summed E-state index contributed by atoms with van der Waals surface area (Å²) >= 11 is 6.32. The van der Waals surface area contributed by atoms with Gasteiger partial charge in [0.25, 0.3) is 0 Å². The number of hydrogen-bond acceptors (Lipinski definition) is 4. The van der Waals surface area contributed by atoms with E-state index in [0.717, 1.165) is 46.2 Å². The van der Waals surface area contributed by atoms with Crippen LogP contribution in [0.3, 0.4) is 0 Å². The van der Waals surface area contributed by atoms with E-state index in [-0.39, 0.29) is 0 Å². The lowest BCUT2D eigenvalue weighted by Crippen LogP contribution is -2.28. The van der Waals surface area contributed by atoms with Gasteiger partial charge in [-0.05, 0) is 87.6 Å². The molecule has 5 rings (SSSR count). The van der Waals surface area contributed by atoms with E-state index in [0.29, 0.717) is 35.1 Å². The molecule has 2 aromatic carbocycles. The van der Waals surface area contributed by atoms with Crippen LogP contribution < -0.4 is 4.74 Å². The Bertz CT molecular complexity index is 1540. The van der Waals surface area contributed by atoms with Crippen molar-refractivity contribution in [2.75, 3.05) is 6.61 Å². The first kappa shape index (κ1) is 26.2. The Balaban J connectivity index is 1.74. The Kier molecular flexibility index (Phi) is 6.92. The largest absolute Gasteiger partial charge is 0.493 e. The number of aromatic nitrogens is 2. The van der Waals surface area contributed by atoms with Crippen molar-refractivity contribution in [2.24, 2.45) is 0 Å². The molecule has 0 unspecified atom stereocenters. The molecule has 4 aromatic rings. The molecule has 0 saturated heterocycles. The Morgan fingerprint density at radius 1 is 1.24 bits per heavy atom. The lowest BCUT2D eigenvalue weighted by molar-refractivity contribution is -0.160. The maximum atomic E-state index is 13.6. The zero-order valence-corrected chi connectivity index (χ0v) is 22.6. The van der Waals surface area contributed by atoms with E-state index in [1.807, 2.05) is 56.7 Å². The molecule has 0 saturated carbocycles. The van der Waals surface area contributed by atoms with Gasteiger partial charge in [-0.3, -0.25) is 0 Å². The molecule has 1 aliphatic rings. The van der Waals surface area contributed by atoms with Gasteiger partial charge in [-0.2, -0.15) is 0 Å². The Morgan fingerprint density at radius 2 is 2.03 bits per heavy atom. The molecule has 8 heteroatoms. The lowest BCUT2D eigenvalue weighted by atomic mass is 9.90. The Morgan fingerprint density at radius 3 is 2.74 bits per heavy atom. The van der Waals surface area contributed by atoms with Crippen molar-refractivity contribution in [3.8, 4) is 16.9 Å². The number of aliphatic carboxylic acids is 1. The third-order valence-electron chi connectivity index (χ3n) is 6.65. The van der Waals surface area contributed by atoms with E-state index in [9.17, 15) is 14.3 Å². The van der Waals surface area contributed by atoms with Crippen molar-refractivity contribution in [1.29, 1.82) is 0 Å². The van der Waals surface area contributed by atoms with Crippen molar-refractivity contribution >= 4 is 28.6 Å². The lowest BCUT2D eigenvalue weighted by Gasteiger charge is -2.28. The van der Waals surface area contributed by atoms with Gasteiger partial charge in [0.15, 0.2) is 6.10 Å². The van der Waals surface area contributed by atoms with E-state index in [1.165, 1.54) is 12.1 Å². The zero-order chi connectivity index (χ0) is 27.2. The van der Waals surface area contributed by atoms with Gasteiger partial charge in [0.05, 0.1) is 18.8 Å². The molecule has 6 nitrogen and oxygen atoms in total. The molecule has 198 valence electrons. The van der Waals surface area contributed by atoms with E-state index < -0.39 is 23.5 Å². The molecule has 0 aliphatic carbocycles. The van der Waals surface area contributed by atoms with Crippen LogP contribution in [0.1, 0.15) is 55.7 Å². The fourth-order valence-corrected chi connectivity index (χ4v) is 5.25. The average molecular weight is 537 g/mol. The average Bonchev–Trinajstić information content (AvgIpc) is 3.24. The first-order chi connectivity index (χ1) is 18.0. The minimum atomic E-state index is -1.22. The van der Waals surface area contributed by atoms with Crippen LogP contribution >= 0.6 is 11.6 Å². The molecule has 3 heterocycles. The van der Waals surface area contributed by atoms with Gasteiger partial charge in [-0.1, -0.05) is 23.7 Å². The number of carbonyl (C=O) groups is 1. The maximum Gasteiger partial charge on any atom is 0.337 e. The number of halogens is 2. The van der Waals surface area contributed by atoms with Gasteiger partial charge in [0.2, 0.25) is 0 Å². The van der Waals surface area contributed by atoms with Crippen LogP contribution in [0, 0.1) is 12.7 Å². The van der Waals surface area contributed by atoms with Crippen molar-refractivity contribution in [1.82, 2.24) is 9.55 Å². The highest BCUT2D eigenvalue weighted by Gasteiger charge is 2.33. The number of benzene rings is 2. The molecular weight excluding hydrogens is 507 g/mol. The van der Waals surface area contributed by atoms with E-state index in [1.54, 1.807) is 6.07 Å². The van der Waals surface area contributed by atoms with Gasteiger partial charge in [-0.15, -0.1) is 0 Å². The van der Waals surface area contributed by atoms with Crippen LogP contribution in [0.4, 0.5) is 4.39 Å². The van der Waals surface area contributed by atoms with Crippen LogP contribution in [0.5, 0.6) is 5.75 Å². The van der Waals surface area contributed by atoms with Crippen molar-refractivity contribution in [2.45, 2.75) is 58.8 Å². The molecule has 0 amide bonds. The Labute approximate surface area is 226 Å². The monoisotopic (exact) mass is 536 g/mol. The number of pyridine rings is 1. The maximum absolute atomic E-state index is 13.6. The molecule has 0 radical (unpaired) electrons. The molecule has 1 N–H and O–H groups in total. The van der Waals surface area contributed by atoms with Gasteiger partial charge in [-0.25, -0.2) is 14.2 Å². The summed E-state index contributed by atoms with van der Waals surface area (Å²) in [5.41, 5.74) is 4.54. The summed E-state index contributed by atoms with van der Waals surface area (Å²) in [6.07, 6.45) is 2.49. The minimum absolute atomic E-state index is 0.333. The molecule has 0 spiro atoms. The quantitative estimate of drug-likeness (QED) is 0.284. The second-order valence-electron chi connectivity index (χ2n) is 10.6. The standard InChI is InChI=1S/C30H30ClFN2O4/c1-17-25(27(29(35)36)38-30(2,3)4)26(19-8-10-24-18(14-19)6-5-13-37-24)22-11-12-34(28(22)33-17)16-20-7-9-21(32)15-23(20)31/h7-12,14-15,27H,5-6,13,16H2,1-4H3,(H,35,36)/t27-/m0/s1. The number of ether oxygens (including phenoxy) is 2. The van der Waals surface area contributed by atoms with Crippen LogP contribution in [0.15, 0.2) is 48.7 Å². The van der Waals surface area contributed by atoms with Gasteiger partial charge in [0.1, 0.15) is 17.2 Å². The Hall–Kier alpha value is -3.42. The fourth-order valence-electron chi connectivity index (χ4n) is 5.02. The normalized spacial score (nSPS) is 14.3. The predicted molar refractivity (Wildman–Crippen MR) is 145 cm³/mol. The van der Waals surface area contributed by atoms with Gasteiger partial charge in [0, 0.05) is 33.4 Å². The third kappa shape index (κ3) is 5.13. The van der Waals surface area contributed by atoms with Crippen molar-refractivity contribution in [3.63, 3.8) is 0 Å². The number of fused-ring (bicyclic) bond motifs is 2. The topological polar surface area (TPSA) is 73.6 Å². The summed E-state index contributed by atoms with van der Waals surface area (Å²) in [5.74, 6) is -0.621. The summed E-state index contributed by atoms with van der Waals surface area (Å²) < 4.78 is 27.5. The highest BCUT2D eigenvalue weighted by Crippen LogP contribution is 2.41. The summed E-state index contributed by atoms with van der Waals surface area (Å²) in [6, 6.07) is 12.3. The number of aryl methyl sites for hydroxylation is 2. The van der Waals surface area contributed by atoms with Gasteiger partial charge >= 0.3 is 5.97 Å². The van der Waals surface area contributed by atoms with E-state index in [4.69, 9.17) is 26.1 Å². The second-order valence-corrected chi connectivity index (χ2v) is 11.0. The van der Waals surface area contributed by atoms with Crippen LogP contribution in [0.25, 0.3) is 22.2 Å². The van der Waals surface area contributed by atoms with E-state index in [2.05, 4.69) is 6.07 Å². The van der Waals surface area contributed by atoms with E-state index >= 15 is 0 Å². The van der Waals surface area contributed by atoms with Crippen molar-refractivity contribution < 1.29 is 23.8 Å². The number of carboxylic acids is 1. The molecule has 0 fully saturated rings. The summed E-state index contributed by atoms with van der Waals surface area (Å²) in [4.78, 5) is 17.4. The summed E-state index contributed by atoms with van der Waals surface area (Å²) in [7, 11) is 0. The smallest absolute Gasteiger partial charge is 0.337 e. The molecular formula is C30H30ClFN2O4. The van der Waals surface area contributed by atoms with Crippen LogP contribution in [-0.4, -0.2) is 32.8 Å². The first-order valence-corrected chi connectivity index (χ1v) is 13.0. The highest BCUT2D eigenvalue weighted by molar-refractivity contribution is 6.31. The predicted octanol–water partition coefficient (Wildman–Crippen LogP) is 7.12. The molecule has 2 aromatic heterocycles. The molecule has 1 aliphatic heterocycles. The van der Waals surface area contributed by atoms with Gasteiger partial charge < -0.3 is 19.1 Å². The van der Waals surface area contributed by atoms with Crippen LogP contribution in [-0.2, 0) is 22.5 Å². The number of hydrogen-bond donors (Lipinski definition) is 1. The number of carboxylic acid groups (broad SMARTS) is 1. The number of nitrogens with zero attached hydrogens (tertiary/aromatic N) is 2. The molecule has 0 bridgehead atoms. The third-order valence-corrected chi connectivity index (χ3v) is 7.00. The molecule has 38 heavy (non-hydrogen) atoms. The summed E-state index contributed by atoms with van der Waals surface area (Å²) in [6.45, 7) is 8.39. The minimum Gasteiger partial charge on any atom is -0.493 e.